The van der Waals surface area contributed by atoms with Crippen molar-refractivity contribution in [2.24, 2.45) is 5.73 Å². The van der Waals surface area contributed by atoms with Crippen LogP contribution < -0.4 is 15.2 Å². The summed E-state index contributed by atoms with van der Waals surface area (Å²) in [4.78, 5) is 1.12. The van der Waals surface area contributed by atoms with E-state index in [1.807, 2.05) is 24.4 Å². The van der Waals surface area contributed by atoms with Crippen molar-refractivity contribution in [1.29, 1.82) is 0 Å². The van der Waals surface area contributed by atoms with E-state index >= 15 is 0 Å². The summed E-state index contributed by atoms with van der Waals surface area (Å²) < 4.78 is 12.4. The maximum absolute atomic E-state index is 6.13. The zero-order valence-corrected chi connectivity index (χ0v) is 15.0. The van der Waals surface area contributed by atoms with E-state index in [1.54, 1.807) is 24.5 Å². The van der Waals surface area contributed by atoms with Gasteiger partial charge in [-0.15, -0.1) is 11.3 Å². The number of rotatable bonds is 6. The van der Waals surface area contributed by atoms with Crippen LogP contribution in [0.3, 0.4) is 0 Å². The van der Waals surface area contributed by atoms with E-state index in [0.717, 1.165) is 14.9 Å². The van der Waals surface area contributed by atoms with Gasteiger partial charge < -0.3 is 15.2 Å². The second kappa shape index (κ2) is 7.49. The fourth-order valence-corrected chi connectivity index (χ4v) is 3.61. The van der Waals surface area contributed by atoms with Gasteiger partial charge in [0.1, 0.15) is 6.61 Å². The maximum atomic E-state index is 6.13. The molecular weight excluding hydrogens is 374 g/mol. The Morgan fingerprint density at radius 2 is 2.19 bits per heavy atom. The fraction of sp³-hybridized carbons (Fsp3) is 0.333. The molecule has 114 valence electrons. The first kappa shape index (κ1) is 16.6. The number of methoxy groups -OCH3 is 1. The number of hydrogen-bond acceptors (Lipinski definition) is 4. The molecule has 0 saturated heterocycles. The Bertz CT molecular complexity index is 616. The van der Waals surface area contributed by atoms with E-state index in [9.17, 15) is 0 Å². The Morgan fingerprint density at radius 1 is 1.43 bits per heavy atom. The van der Waals surface area contributed by atoms with Gasteiger partial charge in [0.05, 0.1) is 12.0 Å². The van der Waals surface area contributed by atoms with Gasteiger partial charge in [-0.1, -0.05) is 11.6 Å². The first-order valence-corrected chi connectivity index (χ1v) is 8.53. The minimum absolute atomic E-state index is 0.0176. The van der Waals surface area contributed by atoms with Crippen LogP contribution in [0, 0.1) is 0 Å². The van der Waals surface area contributed by atoms with Crippen molar-refractivity contribution in [2.45, 2.75) is 26.0 Å². The number of thiophene rings is 1. The molecule has 0 saturated carbocycles. The molecule has 2 aromatic rings. The van der Waals surface area contributed by atoms with Gasteiger partial charge in [0.2, 0.25) is 0 Å². The lowest BCUT2D eigenvalue weighted by atomic mass is 10.1. The highest BCUT2D eigenvalue weighted by Gasteiger charge is 2.15. The molecular formula is C15H17BrClNO2S. The number of benzene rings is 1. The highest BCUT2D eigenvalue weighted by Crippen LogP contribution is 2.36. The standard InChI is InChI=1S/C15H17BrClNO2S/c1-9(18)5-10-6-11(17)7-13(19-2)15(10)20-8-14-12(16)3-4-21-14/h3-4,6-7,9H,5,8,18H2,1-2H3. The molecule has 21 heavy (non-hydrogen) atoms. The van der Waals surface area contributed by atoms with Crippen molar-refractivity contribution in [2.75, 3.05) is 7.11 Å². The van der Waals surface area contributed by atoms with E-state index in [1.165, 1.54) is 0 Å². The molecule has 0 aliphatic rings. The average molecular weight is 391 g/mol. The van der Waals surface area contributed by atoms with Crippen LogP contribution in [0.25, 0.3) is 0 Å². The topological polar surface area (TPSA) is 44.5 Å². The Kier molecular flexibility index (Phi) is 5.93. The quantitative estimate of drug-likeness (QED) is 0.781. The summed E-state index contributed by atoms with van der Waals surface area (Å²) in [6.07, 6.45) is 0.678. The molecule has 1 atom stereocenters. The predicted molar refractivity (Wildman–Crippen MR) is 91.7 cm³/mol. The van der Waals surface area contributed by atoms with Crippen molar-refractivity contribution in [3.63, 3.8) is 0 Å². The van der Waals surface area contributed by atoms with Crippen molar-refractivity contribution in [3.8, 4) is 11.5 Å². The Morgan fingerprint density at radius 3 is 2.76 bits per heavy atom. The second-order valence-corrected chi connectivity index (χ2v) is 7.05. The van der Waals surface area contributed by atoms with Gasteiger partial charge in [-0.2, -0.15) is 0 Å². The van der Waals surface area contributed by atoms with Crippen LogP contribution in [0.1, 0.15) is 17.4 Å². The molecule has 0 aliphatic carbocycles. The number of nitrogens with two attached hydrogens (primary N) is 1. The van der Waals surface area contributed by atoms with Crippen molar-refractivity contribution in [3.05, 3.63) is 43.5 Å². The monoisotopic (exact) mass is 389 g/mol. The Balaban J connectivity index is 2.28. The average Bonchev–Trinajstić information content (AvgIpc) is 2.82. The third-order valence-corrected chi connectivity index (χ3v) is 5.02. The minimum atomic E-state index is 0.0176. The van der Waals surface area contributed by atoms with Gasteiger partial charge in [-0.25, -0.2) is 0 Å². The van der Waals surface area contributed by atoms with Crippen LogP contribution in [0.2, 0.25) is 5.02 Å². The summed E-state index contributed by atoms with van der Waals surface area (Å²) in [7, 11) is 1.61. The van der Waals surface area contributed by atoms with Crippen molar-refractivity contribution in [1.82, 2.24) is 0 Å². The normalized spacial score (nSPS) is 12.2. The van der Waals surface area contributed by atoms with E-state index in [0.29, 0.717) is 29.5 Å². The van der Waals surface area contributed by atoms with Crippen molar-refractivity contribution >= 4 is 38.9 Å². The number of hydrogen-bond donors (Lipinski definition) is 1. The number of halogens is 2. The lowest BCUT2D eigenvalue weighted by molar-refractivity contribution is 0.283. The van der Waals surface area contributed by atoms with Crippen LogP contribution >= 0.6 is 38.9 Å². The van der Waals surface area contributed by atoms with Crippen LogP contribution in [-0.4, -0.2) is 13.2 Å². The largest absolute Gasteiger partial charge is 0.493 e. The maximum Gasteiger partial charge on any atom is 0.165 e. The Labute approximate surface area is 142 Å². The van der Waals surface area contributed by atoms with E-state index < -0.39 is 0 Å². The van der Waals surface area contributed by atoms with E-state index in [4.69, 9.17) is 26.8 Å². The van der Waals surface area contributed by atoms with Crippen LogP contribution in [0.4, 0.5) is 0 Å². The predicted octanol–water partition coefficient (Wildman–Crippen LogP) is 4.64. The summed E-state index contributed by atoms with van der Waals surface area (Å²) in [6, 6.07) is 5.66. The molecule has 1 heterocycles. The molecule has 0 fully saturated rings. The van der Waals surface area contributed by atoms with Gasteiger partial charge in [-0.3, -0.25) is 0 Å². The summed E-state index contributed by atoms with van der Waals surface area (Å²) in [5.74, 6) is 1.34. The molecule has 0 spiro atoms. The molecule has 1 aromatic heterocycles. The lowest BCUT2D eigenvalue weighted by Gasteiger charge is -2.17. The highest BCUT2D eigenvalue weighted by atomic mass is 79.9. The summed E-state index contributed by atoms with van der Waals surface area (Å²) >= 11 is 11.3. The minimum Gasteiger partial charge on any atom is -0.493 e. The summed E-state index contributed by atoms with van der Waals surface area (Å²) in [5.41, 5.74) is 6.87. The van der Waals surface area contributed by atoms with Crippen LogP contribution in [0.15, 0.2) is 28.1 Å². The third kappa shape index (κ3) is 4.36. The molecule has 0 amide bonds. The van der Waals surface area contributed by atoms with Crippen LogP contribution in [0.5, 0.6) is 11.5 Å². The first-order chi connectivity index (χ1) is 10.0. The second-order valence-electron chi connectivity index (χ2n) is 4.76. The molecule has 6 heteroatoms. The highest BCUT2D eigenvalue weighted by molar-refractivity contribution is 9.10. The molecule has 0 bridgehead atoms. The zero-order valence-electron chi connectivity index (χ0n) is 11.9. The summed E-state index contributed by atoms with van der Waals surface area (Å²) in [5, 5.41) is 2.64. The number of ether oxygens (including phenoxy) is 2. The molecule has 3 nitrogen and oxygen atoms in total. The first-order valence-electron chi connectivity index (χ1n) is 6.48. The van der Waals surface area contributed by atoms with Gasteiger partial charge in [-0.05, 0) is 46.8 Å². The molecule has 0 radical (unpaired) electrons. The summed E-state index contributed by atoms with van der Waals surface area (Å²) in [6.45, 7) is 2.43. The molecule has 2 N–H and O–H groups in total. The lowest BCUT2D eigenvalue weighted by Crippen LogP contribution is -2.18. The van der Waals surface area contributed by atoms with Gasteiger partial charge in [0.15, 0.2) is 11.5 Å². The fourth-order valence-electron chi connectivity index (χ4n) is 2.00. The van der Waals surface area contributed by atoms with Crippen LogP contribution in [-0.2, 0) is 13.0 Å². The van der Waals surface area contributed by atoms with E-state index in [-0.39, 0.29) is 6.04 Å². The molecule has 2 rings (SSSR count). The molecule has 0 aliphatic heterocycles. The third-order valence-electron chi connectivity index (χ3n) is 2.90. The van der Waals surface area contributed by atoms with Crippen molar-refractivity contribution < 1.29 is 9.47 Å². The van der Waals surface area contributed by atoms with Gasteiger partial charge >= 0.3 is 0 Å². The van der Waals surface area contributed by atoms with Gasteiger partial charge in [0.25, 0.3) is 0 Å². The zero-order chi connectivity index (χ0) is 15.4. The molecule has 1 aromatic carbocycles. The smallest absolute Gasteiger partial charge is 0.165 e. The SMILES string of the molecule is COc1cc(Cl)cc(CC(C)N)c1OCc1sccc1Br. The Hall–Kier alpha value is -0.750. The molecule has 1 unspecified atom stereocenters. The van der Waals surface area contributed by atoms with E-state index in [2.05, 4.69) is 15.9 Å². The van der Waals surface area contributed by atoms with Gasteiger partial charge in [0, 0.05) is 27.2 Å².